The number of benzene rings is 1. The molecular formula is C15H21BrN2O2. The van der Waals surface area contributed by atoms with Gasteiger partial charge < -0.3 is 15.0 Å². The van der Waals surface area contributed by atoms with E-state index in [-0.39, 0.29) is 5.91 Å². The minimum absolute atomic E-state index is 0.106. The smallest absolute Gasteiger partial charge is 0.253 e. The molecule has 1 atom stereocenters. The van der Waals surface area contributed by atoms with Gasteiger partial charge in [-0.1, -0.05) is 0 Å². The highest BCUT2D eigenvalue weighted by atomic mass is 79.9. The van der Waals surface area contributed by atoms with Gasteiger partial charge in [-0.25, -0.2) is 0 Å². The van der Waals surface area contributed by atoms with Crippen molar-refractivity contribution in [2.75, 3.05) is 33.8 Å². The van der Waals surface area contributed by atoms with Crippen LogP contribution in [0, 0.1) is 5.92 Å². The Morgan fingerprint density at radius 1 is 1.55 bits per heavy atom. The molecule has 4 nitrogen and oxygen atoms in total. The van der Waals surface area contributed by atoms with Crippen LogP contribution in [0.25, 0.3) is 0 Å². The normalized spacial score (nSPS) is 18.9. The Kier molecular flexibility index (Phi) is 5.43. The zero-order chi connectivity index (χ0) is 14.5. The van der Waals surface area contributed by atoms with Gasteiger partial charge in [-0.05, 0) is 66.5 Å². The van der Waals surface area contributed by atoms with Crippen LogP contribution >= 0.6 is 15.9 Å². The summed E-state index contributed by atoms with van der Waals surface area (Å²) in [5, 5.41) is 3.20. The maximum absolute atomic E-state index is 12.5. The highest BCUT2D eigenvalue weighted by Gasteiger charge is 2.24. The molecule has 1 unspecified atom stereocenters. The quantitative estimate of drug-likeness (QED) is 0.915. The van der Waals surface area contributed by atoms with Crippen molar-refractivity contribution >= 4 is 21.8 Å². The molecule has 1 aromatic carbocycles. The van der Waals surface area contributed by atoms with Gasteiger partial charge in [0.15, 0.2) is 0 Å². The molecule has 1 fully saturated rings. The van der Waals surface area contributed by atoms with Crippen molar-refractivity contribution in [1.29, 1.82) is 0 Å². The maximum atomic E-state index is 12.5. The molecule has 0 bridgehead atoms. The molecule has 0 radical (unpaired) electrons. The van der Waals surface area contributed by atoms with Crippen molar-refractivity contribution in [2.45, 2.75) is 12.8 Å². The van der Waals surface area contributed by atoms with E-state index in [9.17, 15) is 4.79 Å². The number of nitrogens with zero attached hydrogens (tertiary/aromatic N) is 1. The maximum Gasteiger partial charge on any atom is 0.253 e. The van der Waals surface area contributed by atoms with E-state index in [1.54, 1.807) is 7.11 Å². The summed E-state index contributed by atoms with van der Waals surface area (Å²) in [6.07, 6.45) is 2.27. The summed E-state index contributed by atoms with van der Waals surface area (Å²) in [5.41, 5.74) is 0.711. The van der Waals surface area contributed by atoms with Crippen molar-refractivity contribution in [3.05, 3.63) is 28.2 Å². The van der Waals surface area contributed by atoms with Gasteiger partial charge in [0.25, 0.3) is 5.91 Å². The van der Waals surface area contributed by atoms with Crippen LogP contribution < -0.4 is 10.1 Å². The average molecular weight is 341 g/mol. The Labute approximate surface area is 128 Å². The summed E-state index contributed by atoms with van der Waals surface area (Å²) in [4.78, 5) is 14.5. The molecule has 0 aliphatic carbocycles. The van der Waals surface area contributed by atoms with Crippen LogP contribution in [-0.2, 0) is 0 Å². The van der Waals surface area contributed by atoms with Crippen LogP contribution in [0.1, 0.15) is 23.2 Å². The summed E-state index contributed by atoms with van der Waals surface area (Å²) >= 11 is 3.43. The minimum atomic E-state index is 0.106. The van der Waals surface area contributed by atoms with Crippen LogP contribution in [0.4, 0.5) is 0 Å². The number of ether oxygens (including phenoxy) is 1. The second-order valence-corrected chi connectivity index (χ2v) is 6.02. The lowest BCUT2D eigenvalue weighted by atomic mass is 9.97. The van der Waals surface area contributed by atoms with Crippen molar-refractivity contribution in [1.82, 2.24) is 10.2 Å². The summed E-state index contributed by atoms with van der Waals surface area (Å²) in [6.45, 7) is 2.65. The van der Waals surface area contributed by atoms with Crippen LogP contribution in [0.3, 0.4) is 0 Å². The first-order chi connectivity index (χ1) is 9.65. The van der Waals surface area contributed by atoms with Crippen molar-refractivity contribution in [3.63, 3.8) is 0 Å². The molecule has 0 aromatic heterocycles. The molecule has 1 aliphatic rings. The topological polar surface area (TPSA) is 41.6 Å². The third kappa shape index (κ3) is 3.52. The van der Waals surface area contributed by atoms with Crippen LogP contribution in [-0.4, -0.2) is 44.6 Å². The van der Waals surface area contributed by atoms with Gasteiger partial charge in [-0.15, -0.1) is 0 Å². The predicted molar refractivity (Wildman–Crippen MR) is 83.2 cm³/mol. The predicted octanol–water partition coefficient (Wildman–Crippen LogP) is 2.53. The second-order valence-electron chi connectivity index (χ2n) is 5.17. The summed E-state index contributed by atoms with van der Waals surface area (Å²) in [6, 6.07) is 5.49. The van der Waals surface area contributed by atoms with E-state index in [1.165, 1.54) is 6.42 Å². The number of amides is 1. The van der Waals surface area contributed by atoms with Gasteiger partial charge in [0, 0.05) is 18.7 Å². The van der Waals surface area contributed by atoms with Gasteiger partial charge in [0.2, 0.25) is 0 Å². The van der Waals surface area contributed by atoms with Crippen LogP contribution in [0.2, 0.25) is 0 Å². The molecule has 2 rings (SSSR count). The molecule has 0 spiro atoms. The zero-order valence-corrected chi connectivity index (χ0v) is 13.6. The molecule has 1 heterocycles. The first kappa shape index (κ1) is 15.3. The van der Waals surface area contributed by atoms with Gasteiger partial charge in [-0.2, -0.15) is 0 Å². The SMILES string of the molecule is CNCC1CCCN(C(=O)c2ccc(OC)c(Br)c2)C1. The third-order valence-electron chi connectivity index (χ3n) is 3.70. The number of piperidine rings is 1. The fraction of sp³-hybridized carbons (Fsp3) is 0.533. The van der Waals surface area contributed by atoms with Crippen molar-refractivity contribution in [2.24, 2.45) is 5.92 Å². The Morgan fingerprint density at radius 2 is 2.35 bits per heavy atom. The van der Waals surface area contributed by atoms with Gasteiger partial charge >= 0.3 is 0 Å². The number of carbonyl (C=O) groups excluding carboxylic acids is 1. The van der Waals surface area contributed by atoms with Gasteiger partial charge in [0.1, 0.15) is 5.75 Å². The molecular weight excluding hydrogens is 320 g/mol. The Bertz CT molecular complexity index is 477. The lowest BCUT2D eigenvalue weighted by Gasteiger charge is -2.32. The number of carbonyl (C=O) groups is 1. The zero-order valence-electron chi connectivity index (χ0n) is 12.0. The van der Waals surface area contributed by atoms with E-state index in [0.717, 1.165) is 36.3 Å². The number of halogens is 1. The lowest BCUT2D eigenvalue weighted by molar-refractivity contribution is 0.0674. The third-order valence-corrected chi connectivity index (χ3v) is 4.32. The van der Waals surface area contributed by atoms with Crippen LogP contribution in [0.5, 0.6) is 5.75 Å². The fourth-order valence-corrected chi connectivity index (χ4v) is 3.23. The summed E-state index contributed by atoms with van der Waals surface area (Å²) in [5.74, 6) is 1.40. The Balaban J connectivity index is 2.08. The highest BCUT2D eigenvalue weighted by molar-refractivity contribution is 9.10. The molecule has 1 amide bonds. The van der Waals surface area contributed by atoms with Gasteiger partial charge in [0.05, 0.1) is 11.6 Å². The molecule has 20 heavy (non-hydrogen) atoms. The van der Waals surface area contributed by atoms with E-state index < -0.39 is 0 Å². The van der Waals surface area contributed by atoms with E-state index in [2.05, 4.69) is 21.2 Å². The molecule has 5 heteroatoms. The number of likely N-dealkylation sites (tertiary alicyclic amines) is 1. The van der Waals surface area contributed by atoms with E-state index in [1.807, 2.05) is 30.1 Å². The summed E-state index contributed by atoms with van der Waals surface area (Å²) in [7, 11) is 3.58. The number of methoxy groups -OCH3 is 1. The molecule has 1 saturated heterocycles. The highest BCUT2D eigenvalue weighted by Crippen LogP contribution is 2.27. The van der Waals surface area contributed by atoms with E-state index in [0.29, 0.717) is 11.5 Å². The minimum Gasteiger partial charge on any atom is -0.496 e. The largest absolute Gasteiger partial charge is 0.496 e. The number of rotatable bonds is 4. The molecule has 110 valence electrons. The summed E-state index contributed by atoms with van der Waals surface area (Å²) < 4.78 is 6.01. The first-order valence-electron chi connectivity index (χ1n) is 6.93. The number of hydrogen-bond donors (Lipinski definition) is 1. The second kappa shape index (κ2) is 7.09. The van der Waals surface area contributed by atoms with Gasteiger partial charge in [-0.3, -0.25) is 4.79 Å². The fourth-order valence-electron chi connectivity index (χ4n) is 2.69. The lowest BCUT2D eigenvalue weighted by Crippen LogP contribution is -2.42. The molecule has 1 aromatic rings. The molecule has 1 aliphatic heterocycles. The molecule has 0 saturated carbocycles. The van der Waals surface area contributed by atoms with Crippen molar-refractivity contribution < 1.29 is 9.53 Å². The number of hydrogen-bond acceptors (Lipinski definition) is 3. The Morgan fingerprint density at radius 3 is 3.00 bits per heavy atom. The standard InChI is InChI=1S/C15H21BrN2O2/c1-17-9-11-4-3-7-18(10-11)15(19)12-5-6-14(20-2)13(16)8-12/h5-6,8,11,17H,3-4,7,9-10H2,1-2H3. The number of nitrogens with one attached hydrogen (secondary N) is 1. The van der Waals surface area contributed by atoms with E-state index in [4.69, 9.17) is 4.74 Å². The average Bonchev–Trinajstić information content (AvgIpc) is 2.47. The first-order valence-corrected chi connectivity index (χ1v) is 7.72. The molecule has 1 N–H and O–H groups in total. The van der Waals surface area contributed by atoms with Crippen molar-refractivity contribution in [3.8, 4) is 5.75 Å². The Hall–Kier alpha value is -1.07. The van der Waals surface area contributed by atoms with Crippen LogP contribution in [0.15, 0.2) is 22.7 Å². The monoisotopic (exact) mass is 340 g/mol. The van der Waals surface area contributed by atoms with E-state index >= 15 is 0 Å².